The molecule has 0 amide bonds. The Kier molecular flexibility index (Phi) is 11.0. The van der Waals surface area contributed by atoms with Gasteiger partial charge in [-0.2, -0.15) is 0 Å². The summed E-state index contributed by atoms with van der Waals surface area (Å²) in [6.45, 7) is 2.95. The molecule has 2 aromatic carbocycles. The fourth-order valence-corrected chi connectivity index (χ4v) is 3.96. The van der Waals surface area contributed by atoms with Crippen LogP contribution in [0.2, 0.25) is 0 Å². The number of nitrogens with one attached hydrogen (secondary N) is 2. The molecular formula is C24H33F2N3O4S. The summed E-state index contributed by atoms with van der Waals surface area (Å²) >= 11 is 0. The van der Waals surface area contributed by atoms with E-state index in [1.807, 2.05) is 18.2 Å². The van der Waals surface area contributed by atoms with E-state index in [0.29, 0.717) is 12.1 Å². The molecule has 0 aliphatic rings. The number of hydrogen-bond donors (Lipinski definition) is 3. The number of esters is 1. The van der Waals surface area contributed by atoms with Gasteiger partial charge in [0.15, 0.2) is 0 Å². The molecule has 2 unspecified atom stereocenters. The van der Waals surface area contributed by atoms with Crippen molar-refractivity contribution in [3.63, 3.8) is 0 Å². The number of rotatable bonds is 14. The Morgan fingerprint density at radius 3 is 2.41 bits per heavy atom. The van der Waals surface area contributed by atoms with Gasteiger partial charge in [0.05, 0.1) is 6.26 Å². The number of carbonyl (C=O) groups is 1. The summed E-state index contributed by atoms with van der Waals surface area (Å²) in [7, 11) is -3.34. The van der Waals surface area contributed by atoms with Crippen molar-refractivity contribution in [2.45, 2.75) is 51.3 Å². The fourth-order valence-electron chi connectivity index (χ4n) is 3.45. The number of sulfonamides is 1. The first-order chi connectivity index (χ1) is 16.1. The average molecular weight is 498 g/mol. The van der Waals surface area contributed by atoms with Crippen molar-refractivity contribution in [2.24, 2.45) is 5.73 Å². The molecule has 0 spiro atoms. The molecule has 2 atom stereocenters. The molecule has 4 N–H and O–H groups in total. The second kappa shape index (κ2) is 13.5. The molecule has 0 aliphatic heterocycles. The summed E-state index contributed by atoms with van der Waals surface area (Å²) in [5, 5.41) is 3.24. The molecule has 0 heterocycles. The number of benzene rings is 2. The second-order valence-electron chi connectivity index (χ2n) is 8.25. The quantitative estimate of drug-likeness (QED) is 0.273. The molecule has 188 valence electrons. The second-order valence-corrected chi connectivity index (χ2v) is 10.1. The van der Waals surface area contributed by atoms with Gasteiger partial charge in [0.2, 0.25) is 10.0 Å². The van der Waals surface area contributed by atoms with Crippen molar-refractivity contribution in [2.75, 3.05) is 19.3 Å². The van der Waals surface area contributed by atoms with Gasteiger partial charge in [-0.15, -0.1) is 0 Å². The SMILES string of the molecule is CCc1cccc(CNCC(OC(=O)CCCNS(C)(=O)=O)C(N)Cc2cc(F)cc(F)c2)c1. The van der Waals surface area contributed by atoms with E-state index in [4.69, 9.17) is 10.5 Å². The van der Waals surface area contributed by atoms with E-state index in [9.17, 15) is 22.0 Å². The highest BCUT2D eigenvalue weighted by molar-refractivity contribution is 7.88. The molecule has 0 fully saturated rings. The average Bonchev–Trinajstić information content (AvgIpc) is 2.75. The molecule has 0 saturated carbocycles. The number of aryl methyl sites for hydroxylation is 1. The molecule has 7 nitrogen and oxygen atoms in total. The first-order valence-electron chi connectivity index (χ1n) is 11.2. The maximum absolute atomic E-state index is 13.6. The number of halogens is 2. The molecule has 34 heavy (non-hydrogen) atoms. The lowest BCUT2D eigenvalue weighted by Gasteiger charge is -2.25. The van der Waals surface area contributed by atoms with Crippen LogP contribution in [0, 0.1) is 11.6 Å². The van der Waals surface area contributed by atoms with E-state index in [-0.39, 0.29) is 32.4 Å². The van der Waals surface area contributed by atoms with Crippen LogP contribution in [0.25, 0.3) is 0 Å². The van der Waals surface area contributed by atoms with Crippen LogP contribution in [0.4, 0.5) is 8.78 Å². The summed E-state index contributed by atoms with van der Waals surface area (Å²) < 4.78 is 57.3. The Balaban J connectivity index is 1.99. The minimum absolute atomic E-state index is 0.00111. The Hall–Kier alpha value is -2.40. The smallest absolute Gasteiger partial charge is 0.306 e. The lowest BCUT2D eigenvalue weighted by atomic mass is 10.0. The Morgan fingerprint density at radius 2 is 1.76 bits per heavy atom. The topological polar surface area (TPSA) is 111 Å². The standard InChI is InChI=1S/C24H33F2N3O4S/c1-3-17-6-4-7-18(10-17)15-28-16-23(33-24(30)8-5-9-29-34(2,31)32)22(27)13-19-11-20(25)14-21(26)12-19/h4,6-7,10-12,14,22-23,28-29H,3,5,8-9,13,15-16,27H2,1-2H3. The highest BCUT2D eigenvalue weighted by Crippen LogP contribution is 2.13. The Morgan fingerprint density at radius 1 is 1.09 bits per heavy atom. The molecule has 0 bridgehead atoms. The number of hydrogen-bond acceptors (Lipinski definition) is 6. The largest absolute Gasteiger partial charge is 0.459 e. The third-order valence-electron chi connectivity index (χ3n) is 5.15. The van der Waals surface area contributed by atoms with Crippen molar-refractivity contribution in [1.82, 2.24) is 10.0 Å². The first kappa shape index (κ1) is 27.8. The van der Waals surface area contributed by atoms with Crippen LogP contribution >= 0.6 is 0 Å². The van der Waals surface area contributed by atoms with Gasteiger partial charge in [0.25, 0.3) is 0 Å². The van der Waals surface area contributed by atoms with E-state index in [2.05, 4.69) is 23.0 Å². The Bertz CT molecular complexity index is 1030. The van der Waals surface area contributed by atoms with Crippen molar-refractivity contribution in [3.8, 4) is 0 Å². The molecule has 0 radical (unpaired) electrons. The van der Waals surface area contributed by atoms with Gasteiger partial charge in [-0.3, -0.25) is 4.79 Å². The van der Waals surface area contributed by atoms with E-state index in [0.717, 1.165) is 24.3 Å². The molecular weight excluding hydrogens is 464 g/mol. The zero-order valence-corrected chi connectivity index (χ0v) is 20.3. The molecule has 0 aliphatic carbocycles. The van der Waals surface area contributed by atoms with Gasteiger partial charge in [-0.05, 0) is 48.1 Å². The third-order valence-corrected chi connectivity index (χ3v) is 5.88. The van der Waals surface area contributed by atoms with Crippen LogP contribution < -0.4 is 15.8 Å². The summed E-state index contributed by atoms with van der Waals surface area (Å²) in [6, 6.07) is 10.5. The highest BCUT2D eigenvalue weighted by atomic mass is 32.2. The van der Waals surface area contributed by atoms with Crippen LogP contribution in [-0.2, 0) is 38.9 Å². The van der Waals surface area contributed by atoms with E-state index in [1.165, 1.54) is 17.7 Å². The number of carbonyl (C=O) groups excluding carboxylic acids is 1. The van der Waals surface area contributed by atoms with Crippen molar-refractivity contribution in [1.29, 1.82) is 0 Å². The Labute approximate surface area is 200 Å². The lowest BCUT2D eigenvalue weighted by Crippen LogP contribution is -2.46. The van der Waals surface area contributed by atoms with E-state index < -0.39 is 39.8 Å². The minimum atomic E-state index is -3.34. The summed E-state index contributed by atoms with van der Waals surface area (Å²) in [6.07, 6.45) is 1.57. The predicted octanol–water partition coefficient (Wildman–Crippen LogP) is 2.43. The number of nitrogens with two attached hydrogens (primary N) is 1. The summed E-state index contributed by atoms with van der Waals surface area (Å²) in [5.74, 6) is -1.94. The molecule has 0 aromatic heterocycles. The van der Waals surface area contributed by atoms with Crippen LogP contribution in [0.3, 0.4) is 0 Å². The predicted molar refractivity (Wildman–Crippen MR) is 128 cm³/mol. The lowest BCUT2D eigenvalue weighted by molar-refractivity contribution is -0.150. The summed E-state index contributed by atoms with van der Waals surface area (Å²) in [5.41, 5.74) is 8.91. The van der Waals surface area contributed by atoms with Gasteiger partial charge in [-0.25, -0.2) is 21.9 Å². The van der Waals surface area contributed by atoms with Crippen molar-refractivity contribution in [3.05, 3.63) is 70.8 Å². The van der Waals surface area contributed by atoms with E-state index >= 15 is 0 Å². The normalized spacial score (nSPS) is 13.4. The number of ether oxygens (including phenoxy) is 1. The molecule has 10 heteroatoms. The van der Waals surface area contributed by atoms with Gasteiger partial charge in [0.1, 0.15) is 17.7 Å². The summed E-state index contributed by atoms with van der Waals surface area (Å²) in [4.78, 5) is 12.4. The van der Waals surface area contributed by atoms with Crippen molar-refractivity contribution < 1.29 is 26.7 Å². The molecule has 2 aromatic rings. The zero-order valence-electron chi connectivity index (χ0n) is 19.5. The maximum Gasteiger partial charge on any atom is 0.306 e. The first-order valence-corrected chi connectivity index (χ1v) is 13.1. The van der Waals surface area contributed by atoms with Gasteiger partial charge < -0.3 is 15.8 Å². The molecule has 2 rings (SSSR count). The minimum Gasteiger partial charge on any atom is -0.459 e. The third kappa shape index (κ3) is 10.7. The van der Waals surface area contributed by atoms with Gasteiger partial charge >= 0.3 is 5.97 Å². The van der Waals surface area contributed by atoms with Crippen LogP contribution in [-0.4, -0.2) is 45.9 Å². The maximum atomic E-state index is 13.6. The van der Waals surface area contributed by atoms with Crippen LogP contribution in [0.5, 0.6) is 0 Å². The fraction of sp³-hybridized carbons (Fsp3) is 0.458. The molecule has 0 saturated heterocycles. The van der Waals surface area contributed by atoms with E-state index in [1.54, 1.807) is 0 Å². The zero-order chi connectivity index (χ0) is 25.1. The highest BCUT2D eigenvalue weighted by Gasteiger charge is 2.23. The van der Waals surface area contributed by atoms with Crippen molar-refractivity contribution >= 4 is 16.0 Å². The monoisotopic (exact) mass is 497 g/mol. The van der Waals surface area contributed by atoms with Crippen LogP contribution in [0.15, 0.2) is 42.5 Å². The van der Waals surface area contributed by atoms with Crippen LogP contribution in [0.1, 0.15) is 36.5 Å². The van der Waals surface area contributed by atoms with Gasteiger partial charge in [0, 0.05) is 38.2 Å². The van der Waals surface area contributed by atoms with Gasteiger partial charge in [-0.1, -0.05) is 31.2 Å².